The van der Waals surface area contributed by atoms with Gasteiger partial charge in [0.15, 0.2) is 11.5 Å². The summed E-state index contributed by atoms with van der Waals surface area (Å²) < 4.78 is 16.8. The third kappa shape index (κ3) is 6.68. The monoisotopic (exact) mass is 391 g/mol. The number of carbonyl (C=O) groups is 1. The van der Waals surface area contributed by atoms with E-state index in [9.17, 15) is 4.79 Å². The van der Waals surface area contributed by atoms with Crippen molar-refractivity contribution in [3.05, 3.63) is 53.1 Å². The standard InChI is InChI=1S/C21H26ClNO4/c1-4-25-19-11-6-16(14-20(19)26-5-2)15(3)23-21(24)12-13-27-18-9-7-17(22)8-10-18/h6-11,14-15H,4-5,12-13H2,1-3H3,(H,23,24). The first-order valence-corrected chi connectivity index (χ1v) is 9.48. The summed E-state index contributed by atoms with van der Waals surface area (Å²) in [6.45, 7) is 7.20. The summed E-state index contributed by atoms with van der Waals surface area (Å²) in [6, 6.07) is 12.6. The van der Waals surface area contributed by atoms with Crippen LogP contribution in [0.1, 0.15) is 38.8 Å². The van der Waals surface area contributed by atoms with Crippen LogP contribution >= 0.6 is 11.6 Å². The molecule has 0 aromatic heterocycles. The van der Waals surface area contributed by atoms with E-state index in [4.69, 9.17) is 25.8 Å². The van der Waals surface area contributed by atoms with Crippen molar-refractivity contribution in [3.8, 4) is 17.2 Å². The van der Waals surface area contributed by atoms with Gasteiger partial charge < -0.3 is 19.5 Å². The Morgan fingerprint density at radius 1 is 1.00 bits per heavy atom. The van der Waals surface area contributed by atoms with Crippen LogP contribution in [-0.4, -0.2) is 25.7 Å². The molecule has 1 unspecified atom stereocenters. The number of benzene rings is 2. The summed E-state index contributed by atoms with van der Waals surface area (Å²) in [5.41, 5.74) is 0.953. The minimum Gasteiger partial charge on any atom is -0.493 e. The Morgan fingerprint density at radius 2 is 1.67 bits per heavy atom. The number of carbonyl (C=O) groups excluding carboxylic acids is 1. The number of rotatable bonds is 10. The van der Waals surface area contributed by atoms with E-state index in [1.807, 2.05) is 39.0 Å². The van der Waals surface area contributed by atoms with Gasteiger partial charge in [-0.05, 0) is 62.7 Å². The third-order valence-corrected chi connectivity index (χ3v) is 4.11. The summed E-state index contributed by atoms with van der Waals surface area (Å²) in [5, 5.41) is 3.62. The molecule has 0 radical (unpaired) electrons. The van der Waals surface area contributed by atoms with E-state index in [2.05, 4.69) is 5.32 Å². The summed E-state index contributed by atoms with van der Waals surface area (Å²) in [4.78, 5) is 12.2. The molecular formula is C21H26ClNO4. The molecule has 27 heavy (non-hydrogen) atoms. The van der Waals surface area contributed by atoms with Gasteiger partial charge >= 0.3 is 0 Å². The van der Waals surface area contributed by atoms with Gasteiger partial charge in [0.2, 0.25) is 5.91 Å². The SMILES string of the molecule is CCOc1ccc(C(C)NC(=O)CCOc2ccc(Cl)cc2)cc1OCC. The van der Waals surface area contributed by atoms with Crippen LogP contribution in [0.2, 0.25) is 5.02 Å². The summed E-state index contributed by atoms with van der Waals surface area (Å²) >= 11 is 5.83. The largest absolute Gasteiger partial charge is 0.493 e. The fourth-order valence-electron chi connectivity index (χ4n) is 2.53. The average Bonchev–Trinajstić information content (AvgIpc) is 2.65. The molecule has 5 nitrogen and oxygen atoms in total. The summed E-state index contributed by atoms with van der Waals surface area (Å²) in [7, 11) is 0. The van der Waals surface area contributed by atoms with Crippen molar-refractivity contribution in [2.24, 2.45) is 0 Å². The highest BCUT2D eigenvalue weighted by molar-refractivity contribution is 6.30. The highest BCUT2D eigenvalue weighted by Gasteiger charge is 2.13. The lowest BCUT2D eigenvalue weighted by Crippen LogP contribution is -2.27. The van der Waals surface area contributed by atoms with Crippen LogP contribution in [0.15, 0.2) is 42.5 Å². The number of hydrogen-bond donors (Lipinski definition) is 1. The van der Waals surface area contributed by atoms with Crippen molar-refractivity contribution >= 4 is 17.5 Å². The van der Waals surface area contributed by atoms with Crippen molar-refractivity contribution < 1.29 is 19.0 Å². The number of hydrogen-bond acceptors (Lipinski definition) is 4. The Labute approximate surface area is 165 Å². The first-order chi connectivity index (χ1) is 13.0. The Balaban J connectivity index is 1.87. The molecule has 0 saturated carbocycles. The van der Waals surface area contributed by atoms with Crippen LogP contribution in [0.3, 0.4) is 0 Å². The Morgan fingerprint density at radius 3 is 2.33 bits per heavy atom. The minimum atomic E-state index is -0.150. The fraction of sp³-hybridized carbons (Fsp3) is 0.381. The molecule has 2 rings (SSSR count). The van der Waals surface area contributed by atoms with Gasteiger partial charge in [-0.25, -0.2) is 0 Å². The van der Waals surface area contributed by atoms with Crippen molar-refractivity contribution in [1.82, 2.24) is 5.32 Å². The summed E-state index contributed by atoms with van der Waals surface area (Å²) in [6.07, 6.45) is 0.266. The predicted molar refractivity (Wildman–Crippen MR) is 107 cm³/mol. The maximum absolute atomic E-state index is 12.2. The first kappa shape index (κ1) is 20.9. The molecule has 146 valence electrons. The lowest BCUT2D eigenvalue weighted by atomic mass is 10.1. The van der Waals surface area contributed by atoms with Crippen LogP contribution in [0.25, 0.3) is 0 Å². The van der Waals surface area contributed by atoms with Gasteiger partial charge in [0.25, 0.3) is 0 Å². The van der Waals surface area contributed by atoms with Gasteiger partial charge in [0.1, 0.15) is 5.75 Å². The molecule has 6 heteroatoms. The normalized spacial score (nSPS) is 11.6. The summed E-state index contributed by atoms with van der Waals surface area (Å²) in [5.74, 6) is 2.00. The quantitative estimate of drug-likeness (QED) is 0.633. The molecule has 0 spiro atoms. The predicted octanol–water partition coefficient (Wildman–Crippen LogP) is 4.78. The first-order valence-electron chi connectivity index (χ1n) is 9.10. The Kier molecular flexibility index (Phi) is 8.27. The van der Waals surface area contributed by atoms with Crippen LogP contribution in [0.4, 0.5) is 0 Å². The topological polar surface area (TPSA) is 56.8 Å². The Hall–Kier alpha value is -2.40. The smallest absolute Gasteiger partial charge is 0.223 e. The molecule has 1 N–H and O–H groups in total. The zero-order chi connectivity index (χ0) is 19.6. The van der Waals surface area contributed by atoms with Gasteiger partial charge in [-0.3, -0.25) is 4.79 Å². The van der Waals surface area contributed by atoms with E-state index in [0.717, 1.165) is 5.56 Å². The average molecular weight is 392 g/mol. The third-order valence-electron chi connectivity index (χ3n) is 3.86. The van der Waals surface area contributed by atoms with Crippen molar-refractivity contribution in [1.29, 1.82) is 0 Å². The Bertz CT molecular complexity index is 733. The zero-order valence-electron chi connectivity index (χ0n) is 16.0. The lowest BCUT2D eigenvalue weighted by molar-refractivity contribution is -0.122. The van der Waals surface area contributed by atoms with Gasteiger partial charge in [0.05, 0.1) is 32.3 Å². The second-order valence-corrected chi connectivity index (χ2v) is 6.35. The van der Waals surface area contributed by atoms with Crippen molar-refractivity contribution in [2.75, 3.05) is 19.8 Å². The second kappa shape index (κ2) is 10.7. The molecule has 0 aliphatic carbocycles. The zero-order valence-corrected chi connectivity index (χ0v) is 16.7. The van der Waals surface area contributed by atoms with Gasteiger partial charge in [-0.15, -0.1) is 0 Å². The number of nitrogens with one attached hydrogen (secondary N) is 1. The van der Waals surface area contributed by atoms with E-state index in [-0.39, 0.29) is 18.4 Å². The van der Waals surface area contributed by atoms with Gasteiger partial charge in [-0.1, -0.05) is 17.7 Å². The van der Waals surface area contributed by atoms with Crippen molar-refractivity contribution in [3.63, 3.8) is 0 Å². The van der Waals surface area contributed by atoms with Crippen LogP contribution in [0.5, 0.6) is 17.2 Å². The van der Waals surface area contributed by atoms with Crippen LogP contribution in [0, 0.1) is 0 Å². The van der Waals surface area contributed by atoms with E-state index >= 15 is 0 Å². The van der Waals surface area contributed by atoms with E-state index in [0.29, 0.717) is 42.1 Å². The van der Waals surface area contributed by atoms with Crippen LogP contribution in [-0.2, 0) is 4.79 Å². The fourth-order valence-corrected chi connectivity index (χ4v) is 2.65. The highest BCUT2D eigenvalue weighted by atomic mass is 35.5. The number of amides is 1. The molecule has 2 aromatic carbocycles. The molecule has 0 bridgehead atoms. The number of ether oxygens (including phenoxy) is 3. The molecule has 0 heterocycles. The minimum absolute atomic E-state index is 0.0803. The van der Waals surface area contributed by atoms with Gasteiger partial charge in [0, 0.05) is 5.02 Å². The molecule has 0 aliphatic rings. The molecular weight excluding hydrogens is 366 g/mol. The second-order valence-electron chi connectivity index (χ2n) is 5.91. The number of halogens is 1. The van der Waals surface area contributed by atoms with Crippen LogP contribution < -0.4 is 19.5 Å². The lowest BCUT2D eigenvalue weighted by Gasteiger charge is -2.17. The molecule has 0 aliphatic heterocycles. The van der Waals surface area contributed by atoms with E-state index < -0.39 is 0 Å². The van der Waals surface area contributed by atoms with E-state index in [1.54, 1.807) is 24.3 Å². The molecule has 2 aromatic rings. The molecule has 0 fully saturated rings. The van der Waals surface area contributed by atoms with Gasteiger partial charge in [-0.2, -0.15) is 0 Å². The van der Waals surface area contributed by atoms with E-state index in [1.165, 1.54) is 0 Å². The highest BCUT2D eigenvalue weighted by Crippen LogP contribution is 2.30. The maximum atomic E-state index is 12.2. The molecule has 1 amide bonds. The maximum Gasteiger partial charge on any atom is 0.223 e. The van der Waals surface area contributed by atoms with Crippen molar-refractivity contribution in [2.45, 2.75) is 33.2 Å². The molecule has 1 atom stereocenters. The molecule has 0 saturated heterocycles.